The van der Waals surface area contributed by atoms with Gasteiger partial charge in [-0.3, -0.25) is 0 Å². The van der Waals surface area contributed by atoms with Crippen LogP contribution in [0.25, 0.3) is 0 Å². The van der Waals surface area contributed by atoms with E-state index in [-0.39, 0.29) is 11.9 Å². The van der Waals surface area contributed by atoms with Crippen LogP contribution in [0, 0.1) is 5.82 Å². The molecule has 2 unspecified atom stereocenters. The first-order chi connectivity index (χ1) is 8.65. The van der Waals surface area contributed by atoms with Crippen molar-refractivity contribution in [1.82, 2.24) is 5.32 Å². The molecule has 0 amide bonds. The highest BCUT2D eigenvalue weighted by molar-refractivity contribution is 5.54. The molecule has 0 saturated carbocycles. The summed E-state index contributed by atoms with van der Waals surface area (Å²) in [6.45, 7) is 3.40. The lowest BCUT2D eigenvalue weighted by Crippen LogP contribution is -2.37. The molecule has 0 radical (unpaired) electrons. The van der Waals surface area contributed by atoms with Crippen LogP contribution in [0.2, 0.25) is 0 Å². The van der Waals surface area contributed by atoms with Gasteiger partial charge < -0.3 is 15.0 Å². The van der Waals surface area contributed by atoms with Crippen LogP contribution >= 0.6 is 0 Å². The number of hydrogen-bond donors (Lipinski definition) is 1. The molecular formula is C14H21FN2O. The maximum absolute atomic E-state index is 13.9. The Labute approximate surface area is 108 Å². The van der Waals surface area contributed by atoms with Crippen molar-refractivity contribution in [2.75, 3.05) is 25.6 Å². The number of halogens is 1. The fourth-order valence-corrected chi connectivity index (χ4v) is 2.64. The van der Waals surface area contributed by atoms with E-state index in [1.165, 1.54) is 6.07 Å². The van der Waals surface area contributed by atoms with Gasteiger partial charge in [0.05, 0.1) is 12.1 Å². The van der Waals surface area contributed by atoms with Gasteiger partial charge in [0.25, 0.3) is 0 Å². The fourth-order valence-electron chi connectivity index (χ4n) is 2.64. The van der Waals surface area contributed by atoms with Crippen molar-refractivity contribution in [3.63, 3.8) is 0 Å². The van der Waals surface area contributed by atoms with E-state index in [0.717, 1.165) is 24.3 Å². The van der Waals surface area contributed by atoms with Crippen LogP contribution in [-0.2, 0) is 11.3 Å². The van der Waals surface area contributed by atoms with Crippen LogP contribution < -0.4 is 10.2 Å². The molecule has 1 saturated heterocycles. The van der Waals surface area contributed by atoms with Crippen LogP contribution in [0.1, 0.15) is 18.9 Å². The van der Waals surface area contributed by atoms with Crippen LogP contribution in [0.5, 0.6) is 0 Å². The normalized spacial score (nSPS) is 23.3. The number of anilines is 1. The van der Waals surface area contributed by atoms with Gasteiger partial charge in [0, 0.05) is 31.5 Å². The van der Waals surface area contributed by atoms with E-state index in [4.69, 9.17) is 4.74 Å². The van der Waals surface area contributed by atoms with E-state index < -0.39 is 0 Å². The molecule has 1 aliphatic rings. The lowest BCUT2D eigenvalue weighted by Gasteiger charge is -2.30. The van der Waals surface area contributed by atoms with E-state index in [9.17, 15) is 4.39 Å². The maximum Gasteiger partial charge on any atom is 0.129 e. The molecule has 0 aliphatic carbocycles. The van der Waals surface area contributed by atoms with Crippen molar-refractivity contribution in [1.29, 1.82) is 0 Å². The molecule has 1 N–H and O–H groups in total. The second-order valence-electron chi connectivity index (χ2n) is 4.81. The molecule has 0 aromatic heterocycles. The van der Waals surface area contributed by atoms with Crippen molar-refractivity contribution in [2.45, 2.75) is 32.0 Å². The van der Waals surface area contributed by atoms with Crippen LogP contribution in [0.15, 0.2) is 18.2 Å². The van der Waals surface area contributed by atoms with E-state index >= 15 is 0 Å². The summed E-state index contributed by atoms with van der Waals surface area (Å²) in [6.07, 6.45) is 1.19. The van der Waals surface area contributed by atoms with E-state index in [0.29, 0.717) is 12.6 Å². The van der Waals surface area contributed by atoms with Gasteiger partial charge in [-0.2, -0.15) is 0 Å². The molecule has 18 heavy (non-hydrogen) atoms. The van der Waals surface area contributed by atoms with Gasteiger partial charge in [0.1, 0.15) is 5.82 Å². The van der Waals surface area contributed by atoms with E-state index in [2.05, 4.69) is 17.1 Å². The van der Waals surface area contributed by atoms with E-state index in [1.807, 2.05) is 20.2 Å². The van der Waals surface area contributed by atoms with Gasteiger partial charge >= 0.3 is 0 Å². The lowest BCUT2D eigenvalue weighted by atomic mass is 10.1. The monoisotopic (exact) mass is 252 g/mol. The highest BCUT2D eigenvalue weighted by Crippen LogP contribution is 2.28. The molecule has 0 bridgehead atoms. The Balaban J connectivity index is 2.29. The Morgan fingerprint density at radius 1 is 1.50 bits per heavy atom. The molecule has 2 rings (SSSR count). The summed E-state index contributed by atoms with van der Waals surface area (Å²) in [4.78, 5) is 2.15. The van der Waals surface area contributed by atoms with E-state index in [1.54, 1.807) is 6.07 Å². The third-order valence-corrected chi connectivity index (χ3v) is 3.66. The number of rotatable bonds is 4. The molecule has 1 aromatic carbocycles. The molecule has 1 heterocycles. The quantitative estimate of drug-likeness (QED) is 0.888. The molecule has 1 fully saturated rings. The molecule has 1 aromatic rings. The third kappa shape index (κ3) is 2.49. The molecule has 3 nitrogen and oxygen atoms in total. The predicted octanol–water partition coefficient (Wildman–Crippen LogP) is 2.16. The first-order valence-electron chi connectivity index (χ1n) is 6.41. The SMILES string of the molecule is CNCc1c(F)cccc1N(C)C1CCOC1C. The highest BCUT2D eigenvalue weighted by atomic mass is 19.1. The van der Waals surface area contributed by atoms with Crippen LogP contribution in [0.3, 0.4) is 0 Å². The number of benzene rings is 1. The molecule has 2 atom stereocenters. The number of likely N-dealkylation sites (N-methyl/N-ethyl adjacent to an activating group) is 1. The second-order valence-corrected chi connectivity index (χ2v) is 4.81. The van der Waals surface area contributed by atoms with Crippen molar-refractivity contribution in [3.05, 3.63) is 29.6 Å². The second kappa shape index (κ2) is 5.67. The largest absolute Gasteiger partial charge is 0.376 e. The minimum absolute atomic E-state index is 0.153. The Kier molecular flexibility index (Phi) is 4.19. The smallest absolute Gasteiger partial charge is 0.129 e. The van der Waals surface area contributed by atoms with Gasteiger partial charge in [-0.15, -0.1) is 0 Å². The summed E-state index contributed by atoms with van der Waals surface area (Å²) in [5.74, 6) is -0.153. The minimum atomic E-state index is -0.153. The summed E-state index contributed by atoms with van der Waals surface area (Å²) >= 11 is 0. The predicted molar refractivity (Wildman–Crippen MR) is 71.4 cm³/mol. The van der Waals surface area contributed by atoms with Gasteiger partial charge in [-0.1, -0.05) is 6.07 Å². The zero-order valence-electron chi connectivity index (χ0n) is 11.2. The highest BCUT2D eigenvalue weighted by Gasteiger charge is 2.29. The third-order valence-electron chi connectivity index (χ3n) is 3.66. The summed E-state index contributed by atoms with van der Waals surface area (Å²) in [6, 6.07) is 5.57. The number of nitrogens with zero attached hydrogens (tertiary/aromatic N) is 1. The van der Waals surface area contributed by atoms with Gasteiger partial charge in [-0.05, 0) is 32.5 Å². The molecule has 4 heteroatoms. The average molecular weight is 252 g/mol. The lowest BCUT2D eigenvalue weighted by molar-refractivity contribution is 0.118. The van der Waals surface area contributed by atoms with Crippen LogP contribution in [0.4, 0.5) is 10.1 Å². The topological polar surface area (TPSA) is 24.5 Å². The fraction of sp³-hybridized carbons (Fsp3) is 0.571. The molecule has 100 valence electrons. The Morgan fingerprint density at radius 2 is 2.28 bits per heavy atom. The number of nitrogens with one attached hydrogen (secondary N) is 1. The van der Waals surface area contributed by atoms with Crippen molar-refractivity contribution in [3.8, 4) is 0 Å². The summed E-state index contributed by atoms with van der Waals surface area (Å²) in [5, 5.41) is 3.02. The Hall–Kier alpha value is -1.13. The first-order valence-corrected chi connectivity index (χ1v) is 6.41. The standard InChI is InChI=1S/C14H21FN2O/c1-10-13(7-8-18-10)17(3)14-6-4-5-12(15)11(14)9-16-2/h4-6,10,13,16H,7-9H2,1-3H3. The number of ether oxygens (including phenoxy) is 1. The van der Waals surface area contributed by atoms with Gasteiger partial charge in [0.15, 0.2) is 0 Å². The van der Waals surface area contributed by atoms with Crippen molar-refractivity contribution < 1.29 is 9.13 Å². The average Bonchev–Trinajstić information content (AvgIpc) is 2.77. The summed E-state index contributed by atoms with van der Waals surface area (Å²) in [7, 11) is 3.85. The Bertz CT molecular complexity index is 411. The maximum atomic E-state index is 13.9. The van der Waals surface area contributed by atoms with Crippen molar-refractivity contribution >= 4 is 5.69 Å². The molecule has 0 spiro atoms. The zero-order valence-corrected chi connectivity index (χ0v) is 11.2. The van der Waals surface area contributed by atoms with Crippen molar-refractivity contribution in [2.24, 2.45) is 0 Å². The summed E-state index contributed by atoms with van der Waals surface area (Å²) < 4.78 is 19.5. The summed E-state index contributed by atoms with van der Waals surface area (Å²) in [5.41, 5.74) is 1.67. The number of hydrogen-bond acceptors (Lipinski definition) is 3. The minimum Gasteiger partial charge on any atom is -0.376 e. The zero-order chi connectivity index (χ0) is 13.1. The van der Waals surface area contributed by atoms with Gasteiger partial charge in [-0.25, -0.2) is 4.39 Å². The Morgan fingerprint density at radius 3 is 2.89 bits per heavy atom. The first kappa shape index (κ1) is 13.3. The van der Waals surface area contributed by atoms with Crippen LogP contribution in [-0.4, -0.2) is 32.8 Å². The molecule has 1 aliphatic heterocycles. The van der Waals surface area contributed by atoms with Gasteiger partial charge in [0.2, 0.25) is 0 Å². The molecular weight excluding hydrogens is 231 g/mol.